The summed E-state index contributed by atoms with van der Waals surface area (Å²) < 4.78 is 0. The van der Waals surface area contributed by atoms with Crippen LogP contribution in [0.1, 0.15) is 38.2 Å². The first-order valence-electron chi connectivity index (χ1n) is 8.25. The lowest BCUT2D eigenvalue weighted by Gasteiger charge is -2.06. The van der Waals surface area contributed by atoms with E-state index in [-0.39, 0.29) is 0 Å². The number of benzene rings is 2. The molecule has 0 spiro atoms. The van der Waals surface area contributed by atoms with Crippen LogP contribution < -0.4 is 5.32 Å². The normalized spacial score (nSPS) is 10.7. The summed E-state index contributed by atoms with van der Waals surface area (Å²) in [7, 11) is 0. The first-order chi connectivity index (χ1) is 10.4. The zero-order valence-electron chi connectivity index (χ0n) is 13.1. The molecule has 0 saturated heterocycles. The Morgan fingerprint density at radius 3 is 2.10 bits per heavy atom. The molecular weight excluding hydrogens is 254 g/mol. The number of nitrogens with one attached hydrogen (secondary N) is 1. The van der Waals surface area contributed by atoms with E-state index < -0.39 is 0 Å². The van der Waals surface area contributed by atoms with Gasteiger partial charge in [0.05, 0.1) is 0 Å². The summed E-state index contributed by atoms with van der Waals surface area (Å²) in [6.45, 7) is 4.56. The van der Waals surface area contributed by atoms with Crippen molar-refractivity contribution in [2.45, 2.75) is 39.0 Å². The van der Waals surface area contributed by atoms with E-state index >= 15 is 0 Å². The molecular formula is C20H27N. The Labute approximate surface area is 129 Å². The smallest absolute Gasteiger partial charge is 0.00488 e. The molecule has 0 aromatic heterocycles. The molecule has 2 rings (SSSR count). The van der Waals surface area contributed by atoms with Crippen molar-refractivity contribution in [3.8, 4) is 11.1 Å². The molecule has 0 heterocycles. The fourth-order valence-corrected chi connectivity index (χ4v) is 2.50. The SMILES string of the molecule is CCCCNCCCCc1ccc(-c2ccccc2)cc1. The van der Waals surface area contributed by atoms with Gasteiger partial charge in [0.15, 0.2) is 0 Å². The van der Waals surface area contributed by atoms with Crippen LogP contribution in [0.5, 0.6) is 0 Å². The van der Waals surface area contributed by atoms with E-state index in [1.165, 1.54) is 55.3 Å². The highest BCUT2D eigenvalue weighted by Crippen LogP contribution is 2.19. The van der Waals surface area contributed by atoms with Gasteiger partial charge in [-0.1, -0.05) is 67.9 Å². The average molecular weight is 281 g/mol. The Bertz CT molecular complexity index is 487. The molecule has 0 atom stereocenters. The molecule has 1 nitrogen and oxygen atoms in total. The van der Waals surface area contributed by atoms with Crippen LogP contribution in [0, 0.1) is 0 Å². The van der Waals surface area contributed by atoms with Gasteiger partial charge in [-0.15, -0.1) is 0 Å². The lowest BCUT2D eigenvalue weighted by atomic mass is 10.0. The molecule has 0 amide bonds. The molecule has 2 aromatic rings. The highest BCUT2D eigenvalue weighted by atomic mass is 14.8. The second-order valence-electron chi connectivity index (χ2n) is 5.62. The Morgan fingerprint density at radius 1 is 0.714 bits per heavy atom. The van der Waals surface area contributed by atoms with Gasteiger partial charge in [-0.3, -0.25) is 0 Å². The Hall–Kier alpha value is -1.60. The van der Waals surface area contributed by atoms with Crippen LogP contribution in [0.25, 0.3) is 11.1 Å². The number of rotatable bonds is 9. The van der Waals surface area contributed by atoms with Gasteiger partial charge in [-0.2, -0.15) is 0 Å². The van der Waals surface area contributed by atoms with Crippen molar-refractivity contribution < 1.29 is 0 Å². The summed E-state index contributed by atoms with van der Waals surface area (Å²) in [6, 6.07) is 19.6. The van der Waals surface area contributed by atoms with Crippen molar-refractivity contribution in [3.63, 3.8) is 0 Å². The topological polar surface area (TPSA) is 12.0 Å². The molecule has 0 radical (unpaired) electrons. The lowest BCUT2D eigenvalue weighted by molar-refractivity contribution is 0.599. The van der Waals surface area contributed by atoms with E-state index in [0.717, 1.165) is 6.54 Å². The van der Waals surface area contributed by atoms with E-state index in [4.69, 9.17) is 0 Å². The molecule has 1 N–H and O–H groups in total. The highest BCUT2D eigenvalue weighted by Gasteiger charge is 1.98. The summed E-state index contributed by atoms with van der Waals surface area (Å²) in [5.74, 6) is 0. The summed E-state index contributed by atoms with van der Waals surface area (Å²) in [5, 5.41) is 3.50. The van der Waals surface area contributed by atoms with Gasteiger partial charge >= 0.3 is 0 Å². The molecule has 0 aliphatic heterocycles. The largest absolute Gasteiger partial charge is 0.317 e. The third-order valence-corrected chi connectivity index (χ3v) is 3.84. The van der Waals surface area contributed by atoms with Crippen LogP contribution in [-0.4, -0.2) is 13.1 Å². The second kappa shape index (κ2) is 9.36. The molecule has 0 aliphatic rings. The molecule has 0 fully saturated rings. The minimum Gasteiger partial charge on any atom is -0.317 e. The third-order valence-electron chi connectivity index (χ3n) is 3.84. The Morgan fingerprint density at radius 2 is 1.38 bits per heavy atom. The van der Waals surface area contributed by atoms with E-state index in [1.54, 1.807) is 0 Å². The minimum absolute atomic E-state index is 1.15. The third kappa shape index (κ3) is 5.73. The zero-order valence-corrected chi connectivity index (χ0v) is 13.1. The van der Waals surface area contributed by atoms with Crippen LogP contribution >= 0.6 is 0 Å². The van der Waals surface area contributed by atoms with Gasteiger partial charge in [0.25, 0.3) is 0 Å². The van der Waals surface area contributed by atoms with Crippen molar-refractivity contribution in [3.05, 3.63) is 60.2 Å². The molecule has 0 aliphatic carbocycles. The van der Waals surface area contributed by atoms with Gasteiger partial charge in [0.1, 0.15) is 0 Å². The van der Waals surface area contributed by atoms with E-state index in [9.17, 15) is 0 Å². The molecule has 2 aromatic carbocycles. The average Bonchev–Trinajstić information content (AvgIpc) is 2.55. The van der Waals surface area contributed by atoms with Crippen molar-refractivity contribution in [1.29, 1.82) is 0 Å². The lowest BCUT2D eigenvalue weighted by Crippen LogP contribution is -2.16. The molecule has 1 heteroatoms. The van der Waals surface area contributed by atoms with Crippen LogP contribution in [0.15, 0.2) is 54.6 Å². The maximum Gasteiger partial charge on any atom is -0.00488 e. The maximum absolute atomic E-state index is 3.50. The van der Waals surface area contributed by atoms with Crippen molar-refractivity contribution >= 4 is 0 Å². The molecule has 112 valence electrons. The van der Waals surface area contributed by atoms with Gasteiger partial charge in [0, 0.05) is 0 Å². The van der Waals surface area contributed by atoms with Crippen molar-refractivity contribution in [2.24, 2.45) is 0 Å². The number of aryl methyl sites for hydroxylation is 1. The van der Waals surface area contributed by atoms with Crippen molar-refractivity contribution in [2.75, 3.05) is 13.1 Å². The van der Waals surface area contributed by atoms with E-state index in [2.05, 4.69) is 66.8 Å². The van der Waals surface area contributed by atoms with Crippen molar-refractivity contribution in [1.82, 2.24) is 5.32 Å². The molecule has 0 unspecified atom stereocenters. The highest BCUT2D eigenvalue weighted by molar-refractivity contribution is 5.63. The molecule has 0 saturated carbocycles. The summed E-state index contributed by atoms with van der Waals surface area (Å²) in [4.78, 5) is 0. The predicted octanol–water partition coefficient (Wildman–Crippen LogP) is 5.07. The standard InChI is InChI=1S/C20H27N/c1-2-3-16-21-17-8-7-9-18-12-14-20(15-13-18)19-10-5-4-6-11-19/h4-6,10-15,21H,2-3,7-9,16-17H2,1H3. The fraction of sp³-hybridized carbons (Fsp3) is 0.400. The van der Waals surface area contributed by atoms with Gasteiger partial charge in [-0.25, -0.2) is 0 Å². The van der Waals surface area contributed by atoms with E-state index in [0.29, 0.717) is 0 Å². The summed E-state index contributed by atoms with van der Waals surface area (Å²) in [6.07, 6.45) is 6.29. The quantitative estimate of drug-likeness (QED) is 0.633. The van der Waals surface area contributed by atoms with Crippen LogP contribution in [-0.2, 0) is 6.42 Å². The molecule has 21 heavy (non-hydrogen) atoms. The van der Waals surface area contributed by atoms with Crippen LogP contribution in [0.2, 0.25) is 0 Å². The first-order valence-corrected chi connectivity index (χ1v) is 8.25. The van der Waals surface area contributed by atoms with Crippen LogP contribution in [0.3, 0.4) is 0 Å². The number of hydrogen-bond donors (Lipinski definition) is 1. The molecule has 0 bridgehead atoms. The number of unbranched alkanes of at least 4 members (excludes halogenated alkanes) is 2. The second-order valence-corrected chi connectivity index (χ2v) is 5.62. The van der Waals surface area contributed by atoms with Gasteiger partial charge < -0.3 is 5.32 Å². The minimum atomic E-state index is 1.15. The van der Waals surface area contributed by atoms with Gasteiger partial charge in [0.2, 0.25) is 0 Å². The zero-order chi connectivity index (χ0) is 14.8. The maximum atomic E-state index is 3.50. The monoisotopic (exact) mass is 281 g/mol. The van der Waals surface area contributed by atoms with Gasteiger partial charge in [-0.05, 0) is 55.5 Å². The summed E-state index contributed by atoms with van der Waals surface area (Å²) >= 11 is 0. The number of hydrogen-bond acceptors (Lipinski definition) is 1. The summed E-state index contributed by atoms with van der Waals surface area (Å²) in [5.41, 5.74) is 4.05. The Kier molecular flexibility index (Phi) is 7.03. The first kappa shape index (κ1) is 15.8. The van der Waals surface area contributed by atoms with E-state index in [1.807, 2.05) is 0 Å². The Balaban J connectivity index is 1.71. The predicted molar refractivity (Wildman–Crippen MR) is 92.6 cm³/mol. The fourth-order valence-electron chi connectivity index (χ4n) is 2.50. The van der Waals surface area contributed by atoms with Crippen LogP contribution in [0.4, 0.5) is 0 Å².